The highest BCUT2D eigenvalue weighted by molar-refractivity contribution is 8.15. The zero-order valence-electron chi connectivity index (χ0n) is 17.1. The molecule has 0 bridgehead atoms. The molecule has 4 rings (SSSR count). The standard InChI is InChI=1S/C24H17ClN4O3S/c25-16-6-10-19(11-7-16)32-20-12-8-18(9-13-20)29-22(30)14-21(23(29)31)33-24(27-15-26)28-17-4-2-1-3-5-17/h1-13,21H,14H2,(H,27,28)/t21-/m0/s1. The molecule has 1 saturated heterocycles. The van der Waals surface area contributed by atoms with Gasteiger partial charge in [-0.05, 0) is 60.7 Å². The number of aliphatic imine (C=N–C) groups is 1. The summed E-state index contributed by atoms with van der Waals surface area (Å²) >= 11 is 6.94. The first kappa shape index (κ1) is 22.4. The van der Waals surface area contributed by atoms with Crippen LogP contribution in [0.5, 0.6) is 11.5 Å². The number of nitrogens with one attached hydrogen (secondary N) is 1. The van der Waals surface area contributed by atoms with Crippen LogP contribution in [0.15, 0.2) is 83.9 Å². The number of benzene rings is 3. The van der Waals surface area contributed by atoms with E-state index in [0.717, 1.165) is 16.7 Å². The van der Waals surface area contributed by atoms with Gasteiger partial charge in [-0.1, -0.05) is 41.6 Å². The summed E-state index contributed by atoms with van der Waals surface area (Å²) in [4.78, 5) is 31.1. The Morgan fingerprint density at radius 1 is 1.03 bits per heavy atom. The fourth-order valence-corrected chi connectivity index (χ4v) is 4.25. The van der Waals surface area contributed by atoms with Gasteiger partial charge in [0, 0.05) is 11.4 Å². The predicted octanol–water partition coefficient (Wildman–Crippen LogP) is 5.26. The van der Waals surface area contributed by atoms with Gasteiger partial charge in [-0.15, -0.1) is 0 Å². The van der Waals surface area contributed by atoms with Crippen LogP contribution in [0.4, 0.5) is 11.4 Å². The third-order valence-corrected chi connectivity index (χ3v) is 5.97. The first-order valence-corrected chi connectivity index (χ1v) is 11.1. The Labute approximate surface area is 199 Å². The van der Waals surface area contributed by atoms with E-state index in [1.54, 1.807) is 60.7 Å². The summed E-state index contributed by atoms with van der Waals surface area (Å²) in [6.45, 7) is 0. The van der Waals surface area contributed by atoms with Crippen LogP contribution in [0, 0.1) is 11.5 Å². The van der Waals surface area contributed by atoms with E-state index in [0.29, 0.717) is 27.9 Å². The SMILES string of the molecule is N#CNC(=Nc1ccccc1)S[C@H]1CC(=O)N(c2ccc(Oc3ccc(Cl)cc3)cc2)C1=O. The minimum absolute atomic E-state index is 0.00739. The van der Waals surface area contributed by atoms with E-state index in [1.807, 2.05) is 24.4 Å². The highest BCUT2D eigenvalue weighted by atomic mass is 35.5. The molecule has 164 valence electrons. The van der Waals surface area contributed by atoms with Crippen LogP contribution < -0.4 is 15.0 Å². The number of rotatable bonds is 5. The molecule has 0 saturated carbocycles. The molecule has 0 aromatic heterocycles. The second-order valence-electron chi connectivity index (χ2n) is 6.92. The summed E-state index contributed by atoms with van der Waals surface area (Å²) in [6.07, 6.45) is 1.83. The topological polar surface area (TPSA) is 94.8 Å². The summed E-state index contributed by atoms with van der Waals surface area (Å²) in [5, 5.41) is 11.7. The van der Waals surface area contributed by atoms with Gasteiger partial charge < -0.3 is 4.74 Å². The smallest absolute Gasteiger partial charge is 0.247 e. The third-order valence-electron chi connectivity index (χ3n) is 4.65. The number of hydrogen-bond acceptors (Lipinski definition) is 6. The van der Waals surface area contributed by atoms with Crippen molar-refractivity contribution in [2.24, 2.45) is 4.99 Å². The molecule has 3 aromatic carbocycles. The molecule has 1 fully saturated rings. The van der Waals surface area contributed by atoms with Gasteiger partial charge in [-0.3, -0.25) is 14.9 Å². The number of thioether (sulfide) groups is 1. The number of hydrogen-bond donors (Lipinski definition) is 1. The molecule has 1 N–H and O–H groups in total. The summed E-state index contributed by atoms with van der Waals surface area (Å²) in [7, 11) is 0. The highest BCUT2D eigenvalue weighted by Crippen LogP contribution is 2.32. The number of carbonyl (C=O) groups excluding carboxylic acids is 2. The zero-order valence-corrected chi connectivity index (χ0v) is 18.7. The maximum absolute atomic E-state index is 13.0. The maximum Gasteiger partial charge on any atom is 0.247 e. The fraction of sp³-hybridized carbons (Fsp3) is 0.0833. The zero-order chi connectivity index (χ0) is 23.2. The normalized spacial score (nSPS) is 15.9. The molecular formula is C24H17ClN4O3S. The van der Waals surface area contributed by atoms with E-state index in [4.69, 9.17) is 21.6 Å². The lowest BCUT2D eigenvalue weighted by molar-refractivity contribution is -0.121. The van der Waals surface area contributed by atoms with Crippen molar-refractivity contribution in [1.29, 1.82) is 5.26 Å². The fourth-order valence-electron chi connectivity index (χ4n) is 3.16. The first-order chi connectivity index (χ1) is 16.0. The molecule has 3 aromatic rings. The van der Waals surface area contributed by atoms with Gasteiger partial charge in [0.2, 0.25) is 11.8 Å². The molecule has 0 radical (unpaired) electrons. The van der Waals surface area contributed by atoms with Gasteiger partial charge in [0.15, 0.2) is 11.4 Å². The van der Waals surface area contributed by atoms with Crippen molar-refractivity contribution < 1.29 is 14.3 Å². The average Bonchev–Trinajstić information content (AvgIpc) is 3.09. The largest absolute Gasteiger partial charge is 0.457 e. The Hall–Kier alpha value is -3.80. The quantitative estimate of drug-likeness (QED) is 0.177. The lowest BCUT2D eigenvalue weighted by Crippen LogP contribution is -2.32. The summed E-state index contributed by atoms with van der Waals surface area (Å²) in [6, 6.07) is 22.7. The van der Waals surface area contributed by atoms with E-state index in [2.05, 4.69) is 10.3 Å². The van der Waals surface area contributed by atoms with Gasteiger partial charge >= 0.3 is 0 Å². The minimum atomic E-state index is -0.689. The molecule has 1 aliphatic heterocycles. The number of anilines is 1. The second kappa shape index (κ2) is 10.2. The summed E-state index contributed by atoms with van der Waals surface area (Å²) in [5.41, 5.74) is 1.08. The molecule has 2 amide bonds. The van der Waals surface area contributed by atoms with E-state index in [1.165, 1.54) is 0 Å². The second-order valence-corrected chi connectivity index (χ2v) is 8.55. The van der Waals surface area contributed by atoms with E-state index in [-0.39, 0.29) is 23.4 Å². The number of nitriles is 1. The monoisotopic (exact) mass is 476 g/mol. The molecule has 33 heavy (non-hydrogen) atoms. The number of halogens is 1. The number of ether oxygens (including phenoxy) is 1. The number of amides is 2. The molecule has 0 spiro atoms. The van der Waals surface area contributed by atoms with Crippen molar-refractivity contribution in [3.63, 3.8) is 0 Å². The van der Waals surface area contributed by atoms with Crippen molar-refractivity contribution in [2.45, 2.75) is 11.7 Å². The van der Waals surface area contributed by atoms with Crippen LogP contribution in [0.2, 0.25) is 5.02 Å². The molecule has 0 aliphatic carbocycles. The number of carbonyl (C=O) groups is 2. The van der Waals surface area contributed by atoms with Gasteiger partial charge in [-0.25, -0.2) is 9.89 Å². The van der Waals surface area contributed by atoms with E-state index < -0.39 is 5.25 Å². The first-order valence-electron chi connectivity index (χ1n) is 9.89. The molecule has 0 unspecified atom stereocenters. The van der Waals surface area contributed by atoms with Crippen molar-refractivity contribution in [1.82, 2.24) is 5.32 Å². The summed E-state index contributed by atoms with van der Waals surface area (Å²) in [5.74, 6) is 0.491. The van der Waals surface area contributed by atoms with Crippen LogP contribution in [-0.2, 0) is 9.59 Å². The lowest BCUT2D eigenvalue weighted by atomic mass is 10.2. The van der Waals surface area contributed by atoms with Crippen LogP contribution in [0.1, 0.15) is 6.42 Å². The highest BCUT2D eigenvalue weighted by Gasteiger charge is 2.40. The van der Waals surface area contributed by atoms with E-state index in [9.17, 15) is 9.59 Å². The van der Waals surface area contributed by atoms with Gasteiger partial charge in [0.05, 0.1) is 11.4 Å². The number of para-hydroxylation sites is 1. The Morgan fingerprint density at radius 3 is 2.30 bits per heavy atom. The van der Waals surface area contributed by atoms with Crippen LogP contribution in [0.25, 0.3) is 0 Å². The van der Waals surface area contributed by atoms with Crippen molar-refractivity contribution >= 4 is 51.7 Å². The molecule has 1 aliphatic rings. The van der Waals surface area contributed by atoms with Crippen LogP contribution in [0.3, 0.4) is 0 Å². The third kappa shape index (κ3) is 5.52. The number of amidine groups is 1. The molecular weight excluding hydrogens is 460 g/mol. The van der Waals surface area contributed by atoms with Crippen molar-refractivity contribution in [3.8, 4) is 17.7 Å². The lowest BCUT2D eigenvalue weighted by Gasteiger charge is -2.16. The van der Waals surface area contributed by atoms with Crippen LogP contribution in [-0.4, -0.2) is 22.2 Å². The van der Waals surface area contributed by atoms with E-state index >= 15 is 0 Å². The Morgan fingerprint density at radius 2 is 1.67 bits per heavy atom. The minimum Gasteiger partial charge on any atom is -0.457 e. The van der Waals surface area contributed by atoms with Crippen molar-refractivity contribution in [3.05, 3.63) is 83.9 Å². The molecule has 9 heteroatoms. The summed E-state index contributed by atoms with van der Waals surface area (Å²) < 4.78 is 5.76. The number of nitrogens with zero attached hydrogens (tertiary/aromatic N) is 3. The Kier molecular flexibility index (Phi) is 6.93. The number of imide groups is 1. The van der Waals surface area contributed by atoms with Gasteiger partial charge in [0.1, 0.15) is 16.7 Å². The average molecular weight is 477 g/mol. The van der Waals surface area contributed by atoms with Crippen LogP contribution >= 0.6 is 23.4 Å². The predicted molar refractivity (Wildman–Crippen MR) is 129 cm³/mol. The molecule has 1 heterocycles. The molecule has 1 atom stereocenters. The Balaban J connectivity index is 1.46. The van der Waals surface area contributed by atoms with Gasteiger partial charge in [0.25, 0.3) is 0 Å². The van der Waals surface area contributed by atoms with Gasteiger partial charge in [-0.2, -0.15) is 5.26 Å². The Bertz CT molecular complexity index is 1230. The molecule has 7 nitrogen and oxygen atoms in total. The van der Waals surface area contributed by atoms with Crippen molar-refractivity contribution in [2.75, 3.05) is 4.90 Å². The maximum atomic E-state index is 13.0.